The Morgan fingerprint density at radius 1 is 1.00 bits per heavy atom. The number of rotatable bonds is 6. The number of carbonyl (C=O) groups excluding carboxylic acids is 1. The predicted octanol–water partition coefficient (Wildman–Crippen LogP) is 4.45. The summed E-state index contributed by atoms with van der Waals surface area (Å²) >= 11 is 6.09. The largest absolute Gasteiger partial charge is 0.495 e. The fourth-order valence-corrected chi connectivity index (χ4v) is 2.80. The van der Waals surface area contributed by atoms with E-state index in [0.29, 0.717) is 28.0 Å². The van der Waals surface area contributed by atoms with Gasteiger partial charge in [-0.2, -0.15) is 0 Å². The highest BCUT2D eigenvalue weighted by atomic mass is 35.5. The molecule has 8 heteroatoms. The number of nitrogens with zero attached hydrogens (tertiary/aromatic N) is 2. The van der Waals surface area contributed by atoms with Crippen LogP contribution in [0.5, 0.6) is 11.5 Å². The second kappa shape index (κ2) is 8.58. The molecular formula is C20H19ClN4O3. The molecule has 3 aromatic rings. The van der Waals surface area contributed by atoms with Crippen molar-refractivity contribution < 1.29 is 14.3 Å². The van der Waals surface area contributed by atoms with Crippen LogP contribution < -0.4 is 20.1 Å². The smallest absolute Gasteiger partial charge is 0.274 e. The molecule has 0 aliphatic carbocycles. The molecule has 0 atom stereocenters. The molecule has 1 aromatic heterocycles. The number of nitrogens with one attached hydrogen (secondary N) is 2. The number of hydrogen-bond donors (Lipinski definition) is 2. The van der Waals surface area contributed by atoms with Gasteiger partial charge >= 0.3 is 0 Å². The van der Waals surface area contributed by atoms with E-state index in [2.05, 4.69) is 20.6 Å². The maximum absolute atomic E-state index is 12.5. The molecular weight excluding hydrogens is 380 g/mol. The van der Waals surface area contributed by atoms with E-state index in [1.54, 1.807) is 31.4 Å². The molecule has 7 nitrogen and oxygen atoms in total. The van der Waals surface area contributed by atoms with Crippen LogP contribution in [0.25, 0.3) is 0 Å². The lowest BCUT2D eigenvalue weighted by Crippen LogP contribution is -2.14. The van der Waals surface area contributed by atoms with Crippen LogP contribution in [-0.2, 0) is 0 Å². The standard InChI is InChI=1S/C20H19ClN4O3/c1-12-4-6-18(28-3)15(8-12)25-19-10-16(22-11-23-19)20(26)24-13-5-7-17(27-2)14(21)9-13/h4-11H,1-3H3,(H,24,26)(H,22,23,25). The van der Waals surface area contributed by atoms with Crippen molar-refractivity contribution in [1.29, 1.82) is 0 Å². The van der Waals surface area contributed by atoms with Crippen LogP contribution in [0, 0.1) is 6.92 Å². The molecule has 0 radical (unpaired) electrons. The van der Waals surface area contributed by atoms with Crippen LogP contribution >= 0.6 is 11.6 Å². The summed E-state index contributed by atoms with van der Waals surface area (Å²) < 4.78 is 10.5. The lowest BCUT2D eigenvalue weighted by Gasteiger charge is -2.12. The van der Waals surface area contributed by atoms with Crippen molar-refractivity contribution in [3.8, 4) is 11.5 Å². The van der Waals surface area contributed by atoms with Gasteiger partial charge in [-0.25, -0.2) is 9.97 Å². The molecule has 0 aliphatic rings. The summed E-state index contributed by atoms with van der Waals surface area (Å²) in [5, 5.41) is 6.31. The minimum atomic E-state index is -0.386. The first kappa shape index (κ1) is 19.4. The number of benzene rings is 2. The van der Waals surface area contributed by atoms with Gasteiger partial charge in [0.1, 0.15) is 29.3 Å². The van der Waals surface area contributed by atoms with Crippen molar-refractivity contribution in [3.05, 3.63) is 65.1 Å². The Kier molecular flexibility index (Phi) is 5.96. The minimum absolute atomic E-state index is 0.205. The average Bonchev–Trinajstić information content (AvgIpc) is 2.68. The zero-order chi connectivity index (χ0) is 20.1. The Balaban J connectivity index is 1.78. The van der Waals surface area contributed by atoms with E-state index < -0.39 is 0 Å². The third-order valence-electron chi connectivity index (χ3n) is 3.93. The number of aromatic nitrogens is 2. The van der Waals surface area contributed by atoms with Gasteiger partial charge in [-0.15, -0.1) is 0 Å². The van der Waals surface area contributed by atoms with Gasteiger partial charge in [0.15, 0.2) is 0 Å². The molecule has 1 amide bonds. The third kappa shape index (κ3) is 4.50. The van der Waals surface area contributed by atoms with E-state index in [1.807, 2.05) is 25.1 Å². The van der Waals surface area contributed by atoms with Gasteiger partial charge < -0.3 is 20.1 Å². The van der Waals surface area contributed by atoms with Crippen LogP contribution in [-0.4, -0.2) is 30.1 Å². The SMILES string of the molecule is COc1ccc(NC(=O)c2cc(Nc3cc(C)ccc3OC)ncn2)cc1Cl. The third-order valence-corrected chi connectivity index (χ3v) is 4.22. The van der Waals surface area contributed by atoms with Gasteiger partial charge in [-0.3, -0.25) is 4.79 Å². The minimum Gasteiger partial charge on any atom is -0.495 e. The number of hydrogen-bond acceptors (Lipinski definition) is 6. The van der Waals surface area contributed by atoms with Crippen LogP contribution in [0.15, 0.2) is 48.8 Å². The molecule has 0 spiro atoms. The zero-order valence-corrected chi connectivity index (χ0v) is 16.4. The quantitative estimate of drug-likeness (QED) is 0.638. The average molecular weight is 399 g/mol. The Morgan fingerprint density at radius 3 is 2.46 bits per heavy atom. The Bertz CT molecular complexity index is 1010. The number of anilines is 3. The molecule has 28 heavy (non-hydrogen) atoms. The first-order valence-corrected chi connectivity index (χ1v) is 8.76. The summed E-state index contributed by atoms with van der Waals surface area (Å²) in [7, 11) is 3.12. The van der Waals surface area contributed by atoms with E-state index in [9.17, 15) is 4.79 Å². The normalized spacial score (nSPS) is 10.3. The Morgan fingerprint density at radius 2 is 1.75 bits per heavy atom. The summed E-state index contributed by atoms with van der Waals surface area (Å²) in [6, 6.07) is 12.3. The first-order chi connectivity index (χ1) is 13.5. The van der Waals surface area contributed by atoms with Crippen molar-refractivity contribution >= 4 is 34.7 Å². The number of aryl methyl sites for hydroxylation is 1. The predicted molar refractivity (Wildman–Crippen MR) is 109 cm³/mol. The van der Waals surface area contributed by atoms with Crippen LogP contribution in [0.2, 0.25) is 5.02 Å². The molecule has 0 aliphatic heterocycles. The van der Waals surface area contributed by atoms with Crippen molar-refractivity contribution in [2.45, 2.75) is 6.92 Å². The molecule has 0 fully saturated rings. The summed E-state index contributed by atoms with van der Waals surface area (Å²) in [6.07, 6.45) is 1.32. The molecule has 3 rings (SSSR count). The van der Waals surface area contributed by atoms with E-state index in [-0.39, 0.29) is 11.6 Å². The van der Waals surface area contributed by atoms with Gasteiger partial charge in [0.25, 0.3) is 5.91 Å². The second-order valence-corrected chi connectivity index (χ2v) is 6.33. The number of ether oxygens (including phenoxy) is 2. The molecule has 2 aromatic carbocycles. The summed E-state index contributed by atoms with van der Waals surface area (Å²) in [5.74, 6) is 1.28. The number of methoxy groups -OCH3 is 2. The van der Waals surface area contributed by atoms with Gasteiger partial charge in [0.05, 0.1) is 24.9 Å². The fraction of sp³-hybridized carbons (Fsp3) is 0.150. The molecule has 0 saturated heterocycles. The van der Waals surface area contributed by atoms with Crippen molar-refractivity contribution in [3.63, 3.8) is 0 Å². The van der Waals surface area contributed by atoms with Gasteiger partial charge in [0.2, 0.25) is 0 Å². The Hall–Kier alpha value is -3.32. The topological polar surface area (TPSA) is 85.4 Å². The van der Waals surface area contributed by atoms with E-state index in [1.165, 1.54) is 13.4 Å². The number of carbonyl (C=O) groups is 1. The van der Waals surface area contributed by atoms with Crippen molar-refractivity contribution in [2.75, 3.05) is 24.9 Å². The van der Waals surface area contributed by atoms with Crippen LogP contribution in [0.1, 0.15) is 16.1 Å². The fourth-order valence-electron chi connectivity index (χ4n) is 2.55. The first-order valence-electron chi connectivity index (χ1n) is 8.38. The molecule has 2 N–H and O–H groups in total. The summed E-state index contributed by atoms with van der Waals surface area (Å²) in [4.78, 5) is 20.7. The number of halogens is 1. The maximum Gasteiger partial charge on any atom is 0.274 e. The molecule has 0 bridgehead atoms. The van der Waals surface area contributed by atoms with Gasteiger partial charge in [-0.1, -0.05) is 17.7 Å². The van der Waals surface area contributed by atoms with E-state index in [4.69, 9.17) is 21.1 Å². The zero-order valence-electron chi connectivity index (χ0n) is 15.6. The highest BCUT2D eigenvalue weighted by molar-refractivity contribution is 6.32. The van der Waals surface area contributed by atoms with Crippen molar-refractivity contribution in [2.24, 2.45) is 0 Å². The van der Waals surface area contributed by atoms with Crippen LogP contribution in [0.3, 0.4) is 0 Å². The van der Waals surface area contributed by atoms with E-state index >= 15 is 0 Å². The van der Waals surface area contributed by atoms with Gasteiger partial charge in [0, 0.05) is 11.8 Å². The Labute approximate surface area is 167 Å². The lowest BCUT2D eigenvalue weighted by molar-refractivity contribution is 0.102. The maximum atomic E-state index is 12.5. The summed E-state index contributed by atoms with van der Waals surface area (Å²) in [5.41, 5.74) is 2.54. The second-order valence-electron chi connectivity index (χ2n) is 5.92. The summed E-state index contributed by atoms with van der Waals surface area (Å²) in [6.45, 7) is 1.98. The molecule has 144 valence electrons. The highest BCUT2D eigenvalue weighted by Crippen LogP contribution is 2.29. The highest BCUT2D eigenvalue weighted by Gasteiger charge is 2.12. The molecule has 1 heterocycles. The molecule has 0 saturated carbocycles. The monoisotopic (exact) mass is 398 g/mol. The van der Waals surface area contributed by atoms with E-state index in [0.717, 1.165) is 11.3 Å². The lowest BCUT2D eigenvalue weighted by atomic mass is 10.2. The van der Waals surface area contributed by atoms with Crippen LogP contribution in [0.4, 0.5) is 17.2 Å². The number of amides is 1. The van der Waals surface area contributed by atoms with Gasteiger partial charge in [-0.05, 0) is 42.8 Å². The van der Waals surface area contributed by atoms with Crippen molar-refractivity contribution in [1.82, 2.24) is 9.97 Å². The molecule has 0 unspecified atom stereocenters.